The lowest BCUT2D eigenvalue weighted by molar-refractivity contribution is -0.163. The molecule has 0 aromatic heterocycles. The minimum absolute atomic E-state index is 0.187. The molecule has 0 heterocycles. The van der Waals surface area contributed by atoms with E-state index < -0.39 is 28.7 Å². The molecule has 1 aliphatic carbocycles. The van der Waals surface area contributed by atoms with Gasteiger partial charge in [0.2, 0.25) is 11.8 Å². The number of rotatable bonds is 8. The van der Waals surface area contributed by atoms with Gasteiger partial charge in [-0.05, 0) is 42.9 Å². The largest absolute Gasteiger partial charge is 0.480 e. The predicted molar refractivity (Wildman–Crippen MR) is 106 cm³/mol. The fourth-order valence-corrected chi connectivity index (χ4v) is 4.07. The SMILES string of the molecule is CNC(=O)[C@@H](NC(=O)[C@@](CCC(C)C)(C(=O)O)C1CCCCC1)C(C)(C)C. The van der Waals surface area contributed by atoms with E-state index in [1.54, 1.807) is 0 Å². The monoisotopic (exact) mass is 382 g/mol. The van der Waals surface area contributed by atoms with Crippen molar-refractivity contribution in [3.8, 4) is 0 Å². The summed E-state index contributed by atoms with van der Waals surface area (Å²) >= 11 is 0. The van der Waals surface area contributed by atoms with Crippen LogP contribution in [0.3, 0.4) is 0 Å². The van der Waals surface area contributed by atoms with Crippen molar-refractivity contribution in [3.05, 3.63) is 0 Å². The van der Waals surface area contributed by atoms with Crippen molar-refractivity contribution in [2.24, 2.45) is 22.7 Å². The summed E-state index contributed by atoms with van der Waals surface area (Å²) in [5.74, 6) is -1.75. The number of amides is 2. The molecule has 1 fully saturated rings. The Balaban J connectivity index is 3.27. The van der Waals surface area contributed by atoms with Crippen LogP contribution in [-0.4, -0.2) is 36.0 Å². The Morgan fingerprint density at radius 1 is 1.07 bits per heavy atom. The zero-order valence-corrected chi connectivity index (χ0v) is 17.9. The number of carbonyl (C=O) groups excluding carboxylic acids is 2. The second-order valence-electron chi connectivity index (χ2n) is 9.43. The van der Waals surface area contributed by atoms with Crippen LogP contribution in [0.2, 0.25) is 0 Å². The third kappa shape index (κ3) is 5.69. The number of carboxylic acids is 1. The normalized spacial score (nSPS) is 19.2. The Morgan fingerprint density at radius 2 is 1.63 bits per heavy atom. The molecule has 0 spiro atoms. The van der Waals surface area contributed by atoms with Gasteiger partial charge in [0.15, 0.2) is 0 Å². The zero-order valence-electron chi connectivity index (χ0n) is 17.9. The van der Waals surface area contributed by atoms with E-state index in [1.165, 1.54) is 7.05 Å². The molecular weight excluding hydrogens is 344 g/mol. The number of hydrogen-bond donors (Lipinski definition) is 3. The topological polar surface area (TPSA) is 95.5 Å². The Kier molecular flexibility index (Phi) is 8.30. The maximum atomic E-state index is 13.4. The molecule has 0 aromatic carbocycles. The summed E-state index contributed by atoms with van der Waals surface area (Å²) in [5.41, 5.74) is -1.99. The number of nitrogens with one attached hydrogen (secondary N) is 2. The molecule has 156 valence electrons. The molecule has 0 unspecified atom stereocenters. The Bertz CT molecular complexity index is 533. The van der Waals surface area contributed by atoms with Crippen molar-refractivity contribution < 1.29 is 19.5 Å². The standard InChI is InChI=1S/C21H38N2O4/c1-14(2)12-13-21(19(26)27,15-10-8-7-9-11-15)18(25)23-16(17(24)22-6)20(3,4)5/h14-16H,7-13H2,1-6H3,(H,22,24)(H,23,25)(H,26,27)/t16-,21+/m1/s1. The fraction of sp³-hybridized carbons (Fsp3) is 0.857. The van der Waals surface area contributed by atoms with Gasteiger partial charge in [-0.1, -0.05) is 53.9 Å². The summed E-state index contributed by atoms with van der Waals surface area (Å²) in [4.78, 5) is 38.3. The second kappa shape index (κ2) is 9.56. The molecule has 1 rings (SSSR count). The van der Waals surface area contributed by atoms with Crippen LogP contribution >= 0.6 is 0 Å². The second-order valence-corrected chi connectivity index (χ2v) is 9.43. The lowest BCUT2D eigenvalue weighted by atomic mass is 9.64. The van der Waals surface area contributed by atoms with Gasteiger partial charge in [0.05, 0.1) is 0 Å². The van der Waals surface area contributed by atoms with E-state index in [0.717, 1.165) is 32.1 Å². The van der Waals surface area contributed by atoms with Crippen LogP contribution in [0.4, 0.5) is 0 Å². The van der Waals surface area contributed by atoms with Gasteiger partial charge in [0, 0.05) is 7.05 Å². The summed E-state index contributed by atoms with van der Waals surface area (Å²) in [6, 6.07) is -0.781. The molecule has 27 heavy (non-hydrogen) atoms. The molecule has 1 aliphatic rings. The van der Waals surface area contributed by atoms with E-state index in [2.05, 4.69) is 10.6 Å². The average Bonchev–Trinajstić information content (AvgIpc) is 2.59. The smallest absolute Gasteiger partial charge is 0.319 e. The minimum atomic E-state index is -1.47. The molecule has 2 atom stereocenters. The molecule has 0 bridgehead atoms. The third-order valence-corrected chi connectivity index (χ3v) is 5.85. The van der Waals surface area contributed by atoms with E-state index in [4.69, 9.17) is 0 Å². The van der Waals surface area contributed by atoms with Crippen LogP contribution in [0.25, 0.3) is 0 Å². The summed E-state index contributed by atoms with van der Waals surface area (Å²) in [5, 5.41) is 15.6. The Labute approximate surface area is 163 Å². The molecule has 2 amide bonds. The number of hydrogen-bond acceptors (Lipinski definition) is 3. The highest BCUT2D eigenvalue weighted by molar-refractivity contribution is 6.04. The van der Waals surface area contributed by atoms with Crippen molar-refractivity contribution in [3.63, 3.8) is 0 Å². The first-order chi connectivity index (χ1) is 12.5. The molecule has 0 saturated heterocycles. The lowest BCUT2D eigenvalue weighted by Crippen LogP contribution is -2.60. The number of carboxylic acid groups (broad SMARTS) is 1. The van der Waals surface area contributed by atoms with Gasteiger partial charge in [0.25, 0.3) is 0 Å². The Hall–Kier alpha value is -1.59. The molecular formula is C21H38N2O4. The van der Waals surface area contributed by atoms with Gasteiger partial charge in [-0.2, -0.15) is 0 Å². The van der Waals surface area contributed by atoms with E-state index in [-0.39, 0.29) is 11.8 Å². The first-order valence-electron chi connectivity index (χ1n) is 10.2. The summed E-state index contributed by atoms with van der Waals surface area (Å²) < 4.78 is 0. The van der Waals surface area contributed by atoms with Crippen molar-refractivity contribution in [1.82, 2.24) is 10.6 Å². The maximum Gasteiger partial charge on any atom is 0.319 e. The third-order valence-electron chi connectivity index (χ3n) is 5.85. The molecule has 6 heteroatoms. The van der Waals surface area contributed by atoms with Crippen LogP contribution in [-0.2, 0) is 14.4 Å². The van der Waals surface area contributed by atoms with E-state index in [9.17, 15) is 19.5 Å². The fourth-order valence-electron chi connectivity index (χ4n) is 4.07. The van der Waals surface area contributed by atoms with Crippen molar-refractivity contribution >= 4 is 17.8 Å². The maximum absolute atomic E-state index is 13.4. The Morgan fingerprint density at radius 3 is 2.04 bits per heavy atom. The number of likely N-dealkylation sites (N-methyl/N-ethyl adjacent to an activating group) is 1. The zero-order chi connectivity index (χ0) is 20.8. The lowest BCUT2D eigenvalue weighted by Gasteiger charge is -2.40. The highest BCUT2D eigenvalue weighted by Crippen LogP contribution is 2.43. The highest BCUT2D eigenvalue weighted by atomic mass is 16.4. The van der Waals surface area contributed by atoms with Gasteiger partial charge in [-0.3, -0.25) is 14.4 Å². The number of aliphatic carboxylic acids is 1. The van der Waals surface area contributed by atoms with Gasteiger partial charge in [-0.25, -0.2) is 0 Å². The van der Waals surface area contributed by atoms with Crippen molar-refractivity contribution in [1.29, 1.82) is 0 Å². The van der Waals surface area contributed by atoms with Crippen LogP contribution in [0, 0.1) is 22.7 Å². The highest BCUT2D eigenvalue weighted by Gasteiger charge is 2.53. The molecule has 0 radical (unpaired) electrons. The summed E-state index contributed by atoms with van der Waals surface area (Å²) in [6.07, 6.45) is 5.45. The van der Waals surface area contributed by atoms with E-state index in [0.29, 0.717) is 18.8 Å². The van der Waals surface area contributed by atoms with Crippen molar-refractivity contribution in [2.45, 2.75) is 85.6 Å². The first-order valence-corrected chi connectivity index (χ1v) is 10.2. The van der Waals surface area contributed by atoms with Crippen LogP contribution in [0.1, 0.15) is 79.6 Å². The first kappa shape index (κ1) is 23.4. The van der Waals surface area contributed by atoms with Crippen LogP contribution < -0.4 is 10.6 Å². The minimum Gasteiger partial charge on any atom is -0.480 e. The molecule has 0 aromatic rings. The molecule has 1 saturated carbocycles. The molecule has 0 aliphatic heterocycles. The molecule has 3 N–H and O–H groups in total. The van der Waals surface area contributed by atoms with Gasteiger partial charge in [-0.15, -0.1) is 0 Å². The average molecular weight is 383 g/mol. The van der Waals surface area contributed by atoms with Gasteiger partial charge >= 0.3 is 5.97 Å². The summed E-state index contributed by atoms with van der Waals surface area (Å²) in [7, 11) is 1.53. The predicted octanol–water partition coefficient (Wildman–Crippen LogP) is 3.35. The molecule has 6 nitrogen and oxygen atoms in total. The van der Waals surface area contributed by atoms with Gasteiger partial charge < -0.3 is 15.7 Å². The van der Waals surface area contributed by atoms with Crippen molar-refractivity contribution in [2.75, 3.05) is 7.05 Å². The van der Waals surface area contributed by atoms with Crippen LogP contribution in [0.5, 0.6) is 0 Å². The van der Waals surface area contributed by atoms with E-state index in [1.807, 2.05) is 34.6 Å². The van der Waals surface area contributed by atoms with Gasteiger partial charge in [0.1, 0.15) is 11.5 Å². The number of carbonyl (C=O) groups is 3. The quantitative estimate of drug-likeness (QED) is 0.561. The van der Waals surface area contributed by atoms with E-state index >= 15 is 0 Å². The van der Waals surface area contributed by atoms with Crippen LogP contribution in [0.15, 0.2) is 0 Å². The summed E-state index contributed by atoms with van der Waals surface area (Å²) in [6.45, 7) is 9.67.